The van der Waals surface area contributed by atoms with Gasteiger partial charge in [-0.3, -0.25) is 4.90 Å². The highest BCUT2D eigenvalue weighted by molar-refractivity contribution is 7.88. The molecule has 5 nitrogen and oxygen atoms in total. The molecule has 1 aliphatic heterocycles. The molecule has 6 heteroatoms. The Bertz CT molecular complexity index is 554. The van der Waals surface area contributed by atoms with Crippen LogP contribution in [0.5, 0.6) is 0 Å². The number of morpholine rings is 1. The minimum Gasteiger partial charge on any atom is -0.379 e. The van der Waals surface area contributed by atoms with E-state index in [9.17, 15) is 8.42 Å². The molecule has 1 saturated heterocycles. The van der Waals surface area contributed by atoms with Gasteiger partial charge in [-0.1, -0.05) is 29.8 Å². The molecule has 21 heavy (non-hydrogen) atoms. The third-order valence-electron chi connectivity index (χ3n) is 3.74. The van der Waals surface area contributed by atoms with Gasteiger partial charge in [-0.05, 0) is 12.5 Å². The quantitative estimate of drug-likeness (QED) is 0.789. The highest BCUT2D eigenvalue weighted by Gasteiger charge is 2.20. The maximum atomic E-state index is 12.4. The zero-order valence-corrected chi connectivity index (χ0v) is 13.6. The number of likely N-dealkylation sites (N-methyl/N-ethyl adjacent to an activating group) is 1. The number of benzene rings is 1. The summed E-state index contributed by atoms with van der Waals surface area (Å²) in [6.07, 6.45) is 0. The van der Waals surface area contributed by atoms with E-state index < -0.39 is 10.0 Å². The van der Waals surface area contributed by atoms with Crippen molar-refractivity contribution in [3.8, 4) is 0 Å². The third kappa shape index (κ3) is 5.07. The van der Waals surface area contributed by atoms with Crippen molar-refractivity contribution in [2.75, 3.05) is 46.4 Å². The summed E-state index contributed by atoms with van der Waals surface area (Å²) in [6, 6.07) is 7.65. The minimum absolute atomic E-state index is 0.0638. The number of aryl methyl sites for hydroxylation is 1. The number of ether oxygens (including phenoxy) is 1. The van der Waals surface area contributed by atoms with Gasteiger partial charge >= 0.3 is 0 Å². The van der Waals surface area contributed by atoms with E-state index in [0.717, 1.165) is 44.0 Å². The molecule has 0 spiro atoms. The topological polar surface area (TPSA) is 49.9 Å². The van der Waals surface area contributed by atoms with Gasteiger partial charge in [0.1, 0.15) is 0 Å². The predicted molar refractivity (Wildman–Crippen MR) is 83.7 cm³/mol. The Labute approximate surface area is 127 Å². The standard InChI is InChI=1S/C15H24N2O3S/c1-14-4-3-5-15(12-14)13-21(18,19)16(2)6-7-17-8-10-20-11-9-17/h3-5,12H,6-11,13H2,1-2H3. The first-order chi connectivity index (χ1) is 9.97. The number of sulfonamides is 1. The molecule has 2 rings (SSSR count). The molecule has 1 heterocycles. The van der Waals surface area contributed by atoms with Gasteiger partial charge in [-0.2, -0.15) is 0 Å². The van der Waals surface area contributed by atoms with Gasteiger partial charge in [0.15, 0.2) is 0 Å². The Hall–Kier alpha value is -0.950. The monoisotopic (exact) mass is 312 g/mol. The van der Waals surface area contributed by atoms with E-state index >= 15 is 0 Å². The van der Waals surface area contributed by atoms with Crippen molar-refractivity contribution in [1.82, 2.24) is 9.21 Å². The van der Waals surface area contributed by atoms with Crippen LogP contribution in [0.25, 0.3) is 0 Å². The first kappa shape index (κ1) is 16.4. The molecule has 0 amide bonds. The average Bonchev–Trinajstić information content (AvgIpc) is 2.45. The summed E-state index contributed by atoms with van der Waals surface area (Å²) in [5, 5.41) is 0. The van der Waals surface area contributed by atoms with Crippen LogP contribution in [0.3, 0.4) is 0 Å². The summed E-state index contributed by atoms with van der Waals surface area (Å²) >= 11 is 0. The molecule has 0 aliphatic carbocycles. The van der Waals surface area contributed by atoms with E-state index in [-0.39, 0.29) is 5.75 Å². The molecule has 0 aromatic heterocycles. The maximum absolute atomic E-state index is 12.4. The van der Waals surface area contributed by atoms with Crippen LogP contribution in [0.4, 0.5) is 0 Å². The van der Waals surface area contributed by atoms with Gasteiger partial charge in [0.05, 0.1) is 19.0 Å². The summed E-state index contributed by atoms with van der Waals surface area (Å²) < 4.78 is 31.5. The maximum Gasteiger partial charge on any atom is 0.218 e. The van der Waals surface area contributed by atoms with Gasteiger partial charge in [0.2, 0.25) is 10.0 Å². The van der Waals surface area contributed by atoms with Crippen LogP contribution in [-0.2, 0) is 20.5 Å². The van der Waals surface area contributed by atoms with Crippen LogP contribution >= 0.6 is 0 Å². The van der Waals surface area contributed by atoms with E-state index in [0.29, 0.717) is 6.54 Å². The van der Waals surface area contributed by atoms with Crippen LogP contribution < -0.4 is 0 Å². The van der Waals surface area contributed by atoms with E-state index in [2.05, 4.69) is 4.90 Å². The largest absolute Gasteiger partial charge is 0.379 e. The minimum atomic E-state index is -3.26. The van der Waals surface area contributed by atoms with Crippen molar-refractivity contribution in [2.24, 2.45) is 0 Å². The molecular weight excluding hydrogens is 288 g/mol. The van der Waals surface area contributed by atoms with Crippen molar-refractivity contribution >= 4 is 10.0 Å². The Morgan fingerprint density at radius 1 is 1.29 bits per heavy atom. The lowest BCUT2D eigenvalue weighted by Crippen LogP contribution is -2.42. The van der Waals surface area contributed by atoms with Gasteiger partial charge in [0.25, 0.3) is 0 Å². The molecule has 0 N–H and O–H groups in total. The smallest absolute Gasteiger partial charge is 0.218 e. The summed E-state index contributed by atoms with van der Waals surface area (Å²) in [7, 11) is -1.60. The van der Waals surface area contributed by atoms with Crippen LogP contribution in [0.1, 0.15) is 11.1 Å². The van der Waals surface area contributed by atoms with Crippen molar-refractivity contribution in [1.29, 1.82) is 0 Å². The molecular formula is C15H24N2O3S. The molecule has 0 bridgehead atoms. The fourth-order valence-electron chi connectivity index (χ4n) is 2.37. The van der Waals surface area contributed by atoms with E-state index in [1.807, 2.05) is 31.2 Å². The van der Waals surface area contributed by atoms with Crippen LogP contribution in [-0.4, -0.2) is 64.1 Å². The number of hydrogen-bond donors (Lipinski definition) is 0. The van der Waals surface area contributed by atoms with E-state index in [4.69, 9.17) is 4.74 Å². The lowest BCUT2D eigenvalue weighted by atomic mass is 10.2. The first-order valence-corrected chi connectivity index (χ1v) is 8.88. The molecule has 1 aromatic rings. The number of nitrogens with zero attached hydrogens (tertiary/aromatic N) is 2. The summed E-state index contributed by atoms with van der Waals surface area (Å²) in [5.74, 6) is 0.0638. The Kier molecular flexibility index (Phi) is 5.75. The van der Waals surface area contributed by atoms with Crippen LogP contribution in [0.15, 0.2) is 24.3 Å². The second-order valence-electron chi connectivity index (χ2n) is 5.52. The van der Waals surface area contributed by atoms with Gasteiger partial charge < -0.3 is 4.74 Å². The molecule has 1 fully saturated rings. The van der Waals surface area contributed by atoms with Crippen LogP contribution in [0, 0.1) is 6.92 Å². The van der Waals surface area contributed by atoms with E-state index in [1.54, 1.807) is 7.05 Å². The summed E-state index contributed by atoms with van der Waals surface area (Å²) in [6.45, 7) is 6.48. The zero-order chi connectivity index (χ0) is 15.3. The second kappa shape index (κ2) is 7.35. The highest BCUT2D eigenvalue weighted by atomic mass is 32.2. The second-order valence-corrected chi connectivity index (χ2v) is 7.60. The van der Waals surface area contributed by atoms with Gasteiger partial charge in [-0.25, -0.2) is 12.7 Å². The average molecular weight is 312 g/mol. The molecule has 118 valence electrons. The molecule has 0 radical (unpaired) electrons. The lowest BCUT2D eigenvalue weighted by Gasteiger charge is -2.28. The molecule has 1 aliphatic rings. The van der Waals surface area contributed by atoms with Crippen molar-refractivity contribution in [3.05, 3.63) is 35.4 Å². The molecule has 0 unspecified atom stereocenters. The number of rotatable bonds is 6. The van der Waals surface area contributed by atoms with Crippen molar-refractivity contribution in [3.63, 3.8) is 0 Å². The highest BCUT2D eigenvalue weighted by Crippen LogP contribution is 2.11. The van der Waals surface area contributed by atoms with Crippen molar-refractivity contribution < 1.29 is 13.2 Å². The van der Waals surface area contributed by atoms with Gasteiger partial charge in [0, 0.05) is 33.2 Å². The molecule has 0 atom stereocenters. The Balaban J connectivity index is 1.88. The van der Waals surface area contributed by atoms with E-state index in [1.165, 1.54) is 4.31 Å². The lowest BCUT2D eigenvalue weighted by molar-refractivity contribution is 0.0368. The first-order valence-electron chi connectivity index (χ1n) is 7.27. The van der Waals surface area contributed by atoms with Gasteiger partial charge in [-0.15, -0.1) is 0 Å². The number of hydrogen-bond acceptors (Lipinski definition) is 4. The fourth-order valence-corrected chi connectivity index (χ4v) is 3.55. The Morgan fingerprint density at radius 2 is 2.00 bits per heavy atom. The molecule has 0 saturated carbocycles. The third-order valence-corrected chi connectivity index (χ3v) is 5.57. The molecule has 1 aromatic carbocycles. The normalized spacial score (nSPS) is 17.3. The predicted octanol–water partition coefficient (Wildman–Crippen LogP) is 1.09. The SMILES string of the molecule is Cc1cccc(CS(=O)(=O)N(C)CCN2CCOCC2)c1. The zero-order valence-electron chi connectivity index (χ0n) is 12.8. The summed E-state index contributed by atoms with van der Waals surface area (Å²) in [5.41, 5.74) is 1.92. The van der Waals surface area contributed by atoms with Crippen LogP contribution in [0.2, 0.25) is 0 Å². The fraction of sp³-hybridized carbons (Fsp3) is 0.600. The summed E-state index contributed by atoms with van der Waals surface area (Å²) in [4.78, 5) is 2.24. The Morgan fingerprint density at radius 3 is 2.67 bits per heavy atom. The van der Waals surface area contributed by atoms with Crippen molar-refractivity contribution in [2.45, 2.75) is 12.7 Å².